The number of rotatable bonds is 4. The SMILES string of the molecule is C#Cc1cnc(Nc2cn(C3CCC(F)(F)CC3)nc2C)nc1NC. The summed E-state index contributed by atoms with van der Waals surface area (Å²) in [6.07, 6.45) is 9.43. The fraction of sp³-hybridized carbons (Fsp3) is 0.471. The Morgan fingerprint density at radius 1 is 1.36 bits per heavy atom. The minimum atomic E-state index is -2.55. The summed E-state index contributed by atoms with van der Waals surface area (Å²) in [5.41, 5.74) is 2.07. The number of nitrogens with zero attached hydrogens (tertiary/aromatic N) is 4. The van der Waals surface area contributed by atoms with Crippen LogP contribution < -0.4 is 10.6 Å². The summed E-state index contributed by atoms with van der Waals surface area (Å²) >= 11 is 0. The van der Waals surface area contributed by atoms with E-state index < -0.39 is 5.92 Å². The fourth-order valence-corrected chi connectivity index (χ4v) is 2.94. The first-order chi connectivity index (χ1) is 11.9. The van der Waals surface area contributed by atoms with Crippen LogP contribution in [0.25, 0.3) is 0 Å². The zero-order chi connectivity index (χ0) is 18.0. The molecule has 1 saturated carbocycles. The van der Waals surface area contributed by atoms with Crippen LogP contribution in [-0.4, -0.2) is 32.7 Å². The number of anilines is 3. The average Bonchev–Trinajstić information content (AvgIpc) is 2.95. The summed E-state index contributed by atoms with van der Waals surface area (Å²) in [5.74, 6) is 0.909. The van der Waals surface area contributed by atoms with E-state index in [0.29, 0.717) is 30.2 Å². The molecule has 25 heavy (non-hydrogen) atoms. The Hall–Kier alpha value is -2.69. The van der Waals surface area contributed by atoms with Crippen molar-refractivity contribution >= 4 is 17.5 Å². The van der Waals surface area contributed by atoms with Crippen molar-refractivity contribution in [3.63, 3.8) is 0 Å². The van der Waals surface area contributed by atoms with Crippen molar-refractivity contribution in [2.24, 2.45) is 0 Å². The van der Waals surface area contributed by atoms with Gasteiger partial charge >= 0.3 is 0 Å². The van der Waals surface area contributed by atoms with Gasteiger partial charge in [-0.25, -0.2) is 13.8 Å². The Morgan fingerprint density at radius 3 is 2.72 bits per heavy atom. The van der Waals surface area contributed by atoms with Crippen LogP contribution in [0.15, 0.2) is 12.4 Å². The van der Waals surface area contributed by atoms with Crippen LogP contribution in [-0.2, 0) is 0 Å². The van der Waals surface area contributed by atoms with Gasteiger partial charge in [-0.2, -0.15) is 10.1 Å². The maximum absolute atomic E-state index is 13.3. The first kappa shape index (κ1) is 17.1. The number of alkyl halides is 2. The molecule has 8 heteroatoms. The number of hydrogen-bond acceptors (Lipinski definition) is 5. The second-order valence-corrected chi connectivity index (χ2v) is 6.17. The number of aryl methyl sites for hydroxylation is 1. The van der Waals surface area contributed by atoms with Gasteiger partial charge in [-0.1, -0.05) is 5.92 Å². The Labute approximate surface area is 145 Å². The lowest BCUT2D eigenvalue weighted by Crippen LogP contribution is -2.26. The van der Waals surface area contributed by atoms with Crippen molar-refractivity contribution in [3.8, 4) is 12.3 Å². The van der Waals surface area contributed by atoms with Crippen LogP contribution in [0.1, 0.15) is 43.0 Å². The normalized spacial score (nSPS) is 17.1. The molecule has 132 valence electrons. The predicted molar refractivity (Wildman–Crippen MR) is 92.2 cm³/mol. The first-order valence-corrected chi connectivity index (χ1v) is 8.14. The smallest absolute Gasteiger partial charge is 0.248 e. The van der Waals surface area contributed by atoms with E-state index in [1.54, 1.807) is 17.9 Å². The molecule has 1 aliphatic carbocycles. The molecule has 1 fully saturated rings. The summed E-state index contributed by atoms with van der Waals surface area (Å²) in [6.45, 7) is 1.85. The standard InChI is InChI=1S/C17H20F2N6/c1-4-12-9-21-16(23-15(12)20-3)22-14-10-25(24-11(14)2)13-5-7-17(18,19)8-6-13/h1,9-10,13H,5-8H2,2-3H3,(H2,20,21,22,23). The molecule has 6 nitrogen and oxygen atoms in total. The molecule has 2 aromatic rings. The molecule has 1 aliphatic rings. The molecule has 0 saturated heterocycles. The van der Waals surface area contributed by atoms with Crippen LogP contribution in [0.2, 0.25) is 0 Å². The molecule has 0 spiro atoms. The summed E-state index contributed by atoms with van der Waals surface area (Å²) in [6, 6.07) is -0.00789. The topological polar surface area (TPSA) is 67.7 Å². The van der Waals surface area contributed by atoms with Crippen LogP contribution in [0.3, 0.4) is 0 Å². The summed E-state index contributed by atoms with van der Waals surface area (Å²) in [5, 5.41) is 10.5. The Balaban J connectivity index is 1.76. The van der Waals surface area contributed by atoms with Crippen molar-refractivity contribution in [1.29, 1.82) is 0 Å². The quantitative estimate of drug-likeness (QED) is 0.830. The minimum absolute atomic E-state index is 0.00789. The number of hydrogen-bond donors (Lipinski definition) is 2. The van der Waals surface area contributed by atoms with Gasteiger partial charge in [0.15, 0.2) is 0 Å². The fourth-order valence-electron chi connectivity index (χ4n) is 2.94. The number of terminal acetylenes is 1. The second-order valence-electron chi connectivity index (χ2n) is 6.17. The van der Waals surface area contributed by atoms with Gasteiger partial charge in [0.2, 0.25) is 11.9 Å². The molecule has 0 radical (unpaired) electrons. The lowest BCUT2D eigenvalue weighted by molar-refractivity contribution is -0.0450. The van der Waals surface area contributed by atoms with E-state index in [1.807, 2.05) is 13.1 Å². The molecule has 0 aliphatic heterocycles. The molecular formula is C17H20F2N6. The van der Waals surface area contributed by atoms with Gasteiger partial charge in [0.1, 0.15) is 5.82 Å². The largest absolute Gasteiger partial charge is 0.372 e. The van der Waals surface area contributed by atoms with Crippen molar-refractivity contribution < 1.29 is 8.78 Å². The molecule has 0 amide bonds. The third-order valence-electron chi connectivity index (χ3n) is 4.40. The first-order valence-electron chi connectivity index (χ1n) is 8.14. The van der Waals surface area contributed by atoms with E-state index in [4.69, 9.17) is 6.42 Å². The van der Waals surface area contributed by atoms with Crippen molar-refractivity contribution in [3.05, 3.63) is 23.7 Å². The monoisotopic (exact) mass is 346 g/mol. The molecule has 0 bridgehead atoms. The Morgan fingerprint density at radius 2 is 2.08 bits per heavy atom. The summed E-state index contributed by atoms with van der Waals surface area (Å²) < 4.78 is 28.4. The Kier molecular flexibility index (Phi) is 4.57. The molecule has 0 aromatic carbocycles. The van der Waals surface area contributed by atoms with E-state index in [0.717, 1.165) is 11.4 Å². The Bertz CT molecular complexity index is 798. The number of nitrogens with one attached hydrogen (secondary N) is 2. The van der Waals surface area contributed by atoms with Crippen LogP contribution >= 0.6 is 0 Å². The van der Waals surface area contributed by atoms with Gasteiger partial charge < -0.3 is 10.6 Å². The zero-order valence-electron chi connectivity index (χ0n) is 14.2. The zero-order valence-corrected chi connectivity index (χ0v) is 14.2. The van der Waals surface area contributed by atoms with Crippen molar-refractivity contribution in [2.45, 2.75) is 44.6 Å². The molecule has 2 heterocycles. The highest BCUT2D eigenvalue weighted by Gasteiger charge is 2.35. The third kappa shape index (κ3) is 3.71. The van der Waals surface area contributed by atoms with Gasteiger partial charge in [-0.3, -0.25) is 4.68 Å². The van der Waals surface area contributed by atoms with Gasteiger partial charge in [0, 0.05) is 26.1 Å². The van der Waals surface area contributed by atoms with Crippen molar-refractivity contribution in [2.75, 3.05) is 17.7 Å². The van der Waals surface area contributed by atoms with Crippen LogP contribution in [0.4, 0.5) is 26.2 Å². The van der Waals surface area contributed by atoms with E-state index in [1.165, 1.54) is 0 Å². The van der Waals surface area contributed by atoms with Crippen LogP contribution in [0, 0.1) is 19.3 Å². The lowest BCUT2D eigenvalue weighted by atomic mass is 9.92. The highest BCUT2D eigenvalue weighted by molar-refractivity contribution is 5.59. The van der Waals surface area contributed by atoms with Gasteiger partial charge in [0.05, 0.1) is 29.2 Å². The third-order valence-corrected chi connectivity index (χ3v) is 4.40. The van der Waals surface area contributed by atoms with Gasteiger partial charge in [0.25, 0.3) is 0 Å². The highest BCUT2D eigenvalue weighted by Crippen LogP contribution is 2.38. The highest BCUT2D eigenvalue weighted by atomic mass is 19.3. The average molecular weight is 346 g/mol. The van der Waals surface area contributed by atoms with Crippen molar-refractivity contribution in [1.82, 2.24) is 19.7 Å². The van der Waals surface area contributed by atoms with E-state index in [9.17, 15) is 8.78 Å². The van der Waals surface area contributed by atoms with E-state index in [2.05, 4.69) is 31.6 Å². The van der Waals surface area contributed by atoms with Gasteiger partial charge in [-0.05, 0) is 19.8 Å². The molecule has 2 N–H and O–H groups in total. The predicted octanol–water partition coefficient (Wildman–Crippen LogP) is 3.50. The maximum Gasteiger partial charge on any atom is 0.248 e. The second kappa shape index (κ2) is 6.67. The number of aromatic nitrogens is 4. The summed E-state index contributed by atoms with van der Waals surface area (Å²) in [4.78, 5) is 8.52. The maximum atomic E-state index is 13.3. The minimum Gasteiger partial charge on any atom is -0.372 e. The molecule has 2 aromatic heterocycles. The molecule has 0 unspecified atom stereocenters. The van der Waals surface area contributed by atoms with E-state index >= 15 is 0 Å². The molecule has 3 rings (SSSR count). The van der Waals surface area contributed by atoms with E-state index in [-0.39, 0.29) is 18.9 Å². The summed E-state index contributed by atoms with van der Waals surface area (Å²) in [7, 11) is 1.73. The number of halogens is 2. The molecule has 0 atom stereocenters. The molecular weight excluding hydrogens is 326 g/mol. The van der Waals surface area contributed by atoms with Gasteiger partial charge in [-0.15, -0.1) is 6.42 Å². The van der Waals surface area contributed by atoms with Crippen LogP contribution in [0.5, 0.6) is 0 Å². The lowest BCUT2D eigenvalue weighted by Gasteiger charge is -2.28.